The molecule has 0 aliphatic carbocycles. The van der Waals surface area contributed by atoms with Crippen LogP contribution < -0.4 is 0 Å². The molecule has 0 aliphatic rings. The van der Waals surface area contributed by atoms with Crippen LogP contribution in [0.4, 0.5) is 0 Å². The summed E-state index contributed by atoms with van der Waals surface area (Å²) in [7, 11) is 1.30. The van der Waals surface area contributed by atoms with Gasteiger partial charge in [-0.1, -0.05) is 30.7 Å². The molecule has 0 spiro atoms. The smallest absolute Gasteiger partial charge is 0.310 e. The van der Waals surface area contributed by atoms with Gasteiger partial charge in [0.1, 0.15) is 0 Å². The first kappa shape index (κ1) is 17.5. The van der Waals surface area contributed by atoms with E-state index in [0.717, 1.165) is 0 Å². The van der Waals surface area contributed by atoms with Crippen LogP contribution in [0.1, 0.15) is 24.2 Å². The van der Waals surface area contributed by atoms with Crippen molar-refractivity contribution in [3.05, 3.63) is 34.9 Å². The largest absolute Gasteiger partial charge is 0.469 e. The monoisotopic (exact) mass is 313 g/mol. The maximum absolute atomic E-state index is 12.5. The fraction of sp³-hybridized carbons (Fsp3) is 0.467. The highest BCUT2D eigenvalue weighted by Gasteiger charge is 2.24. The normalized spacial score (nSPS) is 13.4. The van der Waals surface area contributed by atoms with Gasteiger partial charge in [0.2, 0.25) is 0 Å². The Kier molecular flexibility index (Phi) is 6.65. The molecular weight excluding hydrogens is 294 g/mol. The van der Waals surface area contributed by atoms with E-state index in [0.29, 0.717) is 10.6 Å². The Hall–Kier alpha value is -1.59. The SMILES string of the molecule is COC(=O)C(C)CN(CC(C)O)C(=O)c1ccccc1Cl. The molecule has 0 bridgehead atoms. The number of amides is 1. The molecule has 21 heavy (non-hydrogen) atoms. The predicted molar refractivity (Wildman–Crippen MR) is 80.2 cm³/mol. The second kappa shape index (κ2) is 8.00. The van der Waals surface area contributed by atoms with Crippen LogP contribution in [0.5, 0.6) is 0 Å². The lowest BCUT2D eigenvalue weighted by molar-refractivity contribution is -0.145. The predicted octanol–water partition coefficient (Wildman–Crippen LogP) is 1.97. The molecule has 1 aromatic rings. The molecule has 1 rings (SSSR count). The van der Waals surface area contributed by atoms with Crippen molar-refractivity contribution in [1.82, 2.24) is 4.90 Å². The van der Waals surface area contributed by atoms with E-state index in [2.05, 4.69) is 4.74 Å². The number of halogens is 1. The second-order valence-corrected chi connectivity index (χ2v) is 5.37. The quantitative estimate of drug-likeness (QED) is 0.815. The minimum Gasteiger partial charge on any atom is -0.469 e. The lowest BCUT2D eigenvalue weighted by atomic mass is 10.1. The van der Waals surface area contributed by atoms with Crippen LogP contribution in [-0.2, 0) is 9.53 Å². The zero-order valence-electron chi connectivity index (χ0n) is 12.4. The molecule has 0 fully saturated rings. The molecule has 0 radical (unpaired) electrons. The molecule has 2 atom stereocenters. The van der Waals surface area contributed by atoms with Crippen molar-refractivity contribution in [3.63, 3.8) is 0 Å². The molecule has 0 aliphatic heterocycles. The number of rotatable bonds is 6. The fourth-order valence-electron chi connectivity index (χ4n) is 1.97. The van der Waals surface area contributed by atoms with Gasteiger partial charge in [0.15, 0.2) is 0 Å². The Labute approximate surface area is 129 Å². The highest BCUT2D eigenvalue weighted by molar-refractivity contribution is 6.33. The highest BCUT2D eigenvalue weighted by atomic mass is 35.5. The van der Waals surface area contributed by atoms with Crippen molar-refractivity contribution < 1.29 is 19.4 Å². The van der Waals surface area contributed by atoms with Crippen LogP contribution in [0.25, 0.3) is 0 Å². The van der Waals surface area contributed by atoms with E-state index in [1.807, 2.05) is 0 Å². The Morgan fingerprint density at radius 1 is 1.29 bits per heavy atom. The number of esters is 1. The van der Waals surface area contributed by atoms with E-state index < -0.39 is 18.0 Å². The average Bonchev–Trinajstić information content (AvgIpc) is 2.44. The van der Waals surface area contributed by atoms with Crippen molar-refractivity contribution in [2.75, 3.05) is 20.2 Å². The number of carbonyl (C=O) groups is 2. The zero-order chi connectivity index (χ0) is 16.0. The van der Waals surface area contributed by atoms with Crippen molar-refractivity contribution in [3.8, 4) is 0 Å². The van der Waals surface area contributed by atoms with Gasteiger partial charge in [0.25, 0.3) is 5.91 Å². The summed E-state index contributed by atoms with van der Waals surface area (Å²) in [4.78, 5) is 25.4. The lowest BCUT2D eigenvalue weighted by Gasteiger charge is -2.26. The van der Waals surface area contributed by atoms with E-state index in [-0.39, 0.29) is 19.0 Å². The summed E-state index contributed by atoms with van der Waals surface area (Å²) < 4.78 is 4.66. The van der Waals surface area contributed by atoms with Gasteiger partial charge in [0, 0.05) is 13.1 Å². The Morgan fingerprint density at radius 3 is 2.43 bits per heavy atom. The van der Waals surface area contributed by atoms with Crippen LogP contribution in [-0.4, -0.2) is 48.2 Å². The van der Waals surface area contributed by atoms with Crippen molar-refractivity contribution in [2.45, 2.75) is 20.0 Å². The number of carbonyl (C=O) groups excluding carboxylic acids is 2. The number of aliphatic hydroxyl groups excluding tert-OH is 1. The molecule has 116 valence electrons. The summed E-state index contributed by atoms with van der Waals surface area (Å²) in [6, 6.07) is 6.68. The van der Waals surface area contributed by atoms with E-state index in [4.69, 9.17) is 11.6 Å². The summed E-state index contributed by atoms with van der Waals surface area (Å²) in [5, 5.41) is 9.89. The van der Waals surface area contributed by atoms with E-state index in [9.17, 15) is 14.7 Å². The number of ether oxygens (including phenoxy) is 1. The summed E-state index contributed by atoms with van der Waals surface area (Å²) in [5.74, 6) is -1.21. The molecule has 1 amide bonds. The molecule has 5 nitrogen and oxygen atoms in total. The average molecular weight is 314 g/mol. The van der Waals surface area contributed by atoms with Crippen LogP contribution in [0.15, 0.2) is 24.3 Å². The number of hydrogen-bond donors (Lipinski definition) is 1. The van der Waals surface area contributed by atoms with Crippen LogP contribution in [0.2, 0.25) is 5.02 Å². The molecule has 1 aromatic carbocycles. The first-order valence-electron chi connectivity index (χ1n) is 6.66. The maximum atomic E-state index is 12.5. The fourth-order valence-corrected chi connectivity index (χ4v) is 2.19. The zero-order valence-corrected chi connectivity index (χ0v) is 13.1. The topological polar surface area (TPSA) is 66.8 Å². The van der Waals surface area contributed by atoms with Crippen molar-refractivity contribution in [2.24, 2.45) is 5.92 Å². The lowest BCUT2D eigenvalue weighted by Crippen LogP contribution is -2.41. The minimum atomic E-state index is -0.707. The standard InChI is InChI=1S/C15H20ClNO4/c1-10(15(20)21-3)8-17(9-11(2)18)14(19)12-6-4-5-7-13(12)16/h4-7,10-11,18H,8-9H2,1-3H3. The molecule has 1 N–H and O–H groups in total. The summed E-state index contributed by atoms with van der Waals surface area (Å²) in [6.45, 7) is 3.52. The van der Waals surface area contributed by atoms with Gasteiger partial charge >= 0.3 is 5.97 Å². The maximum Gasteiger partial charge on any atom is 0.310 e. The summed E-state index contributed by atoms with van der Waals surface area (Å²) in [6.07, 6.45) is -0.707. The molecular formula is C15H20ClNO4. The van der Waals surface area contributed by atoms with Crippen molar-refractivity contribution >= 4 is 23.5 Å². The summed E-state index contributed by atoms with van der Waals surface area (Å²) >= 11 is 6.02. The Morgan fingerprint density at radius 2 is 1.90 bits per heavy atom. The second-order valence-electron chi connectivity index (χ2n) is 4.96. The van der Waals surface area contributed by atoms with Crippen molar-refractivity contribution in [1.29, 1.82) is 0 Å². The first-order chi connectivity index (χ1) is 9.86. The Bertz CT molecular complexity index is 504. The molecule has 0 saturated carbocycles. The van der Waals surface area contributed by atoms with Crippen LogP contribution >= 0.6 is 11.6 Å². The van der Waals surface area contributed by atoms with Gasteiger partial charge in [-0.15, -0.1) is 0 Å². The first-order valence-corrected chi connectivity index (χ1v) is 7.04. The number of methoxy groups -OCH3 is 1. The van der Waals surface area contributed by atoms with Crippen LogP contribution in [0, 0.1) is 5.92 Å². The van der Waals surface area contributed by atoms with Crippen LogP contribution in [0.3, 0.4) is 0 Å². The van der Waals surface area contributed by atoms with Gasteiger partial charge < -0.3 is 14.7 Å². The van der Waals surface area contributed by atoms with E-state index in [1.54, 1.807) is 38.1 Å². The third kappa shape index (κ3) is 5.02. The molecule has 0 heterocycles. The summed E-state index contributed by atoms with van der Waals surface area (Å²) in [5.41, 5.74) is 0.344. The van der Waals surface area contributed by atoms with Gasteiger partial charge in [-0.3, -0.25) is 9.59 Å². The van der Waals surface area contributed by atoms with Gasteiger partial charge in [-0.2, -0.15) is 0 Å². The number of nitrogens with zero attached hydrogens (tertiary/aromatic N) is 1. The van der Waals surface area contributed by atoms with Gasteiger partial charge in [-0.25, -0.2) is 0 Å². The number of aliphatic hydroxyl groups is 1. The minimum absolute atomic E-state index is 0.116. The number of hydrogen-bond acceptors (Lipinski definition) is 4. The van der Waals surface area contributed by atoms with Gasteiger partial charge in [-0.05, 0) is 19.1 Å². The van der Waals surface area contributed by atoms with E-state index in [1.165, 1.54) is 12.0 Å². The Balaban J connectivity index is 2.94. The molecule has 2 unspecified atom stereocenters. The highest BCUT2D eigenvalue weighted by Crippen LogP contribution is 2.18. The van der Waals surface area contributed by atoms with E-state index >= 15 is 0 Å². The van der Waals surface area contributed by atoms with Gasteiger partial charge in [0.05, 0.1) is 29.7 Å². The third-order valence-corrected chi connectivity index (χ3v) is 3.30. The molecule has 6 heteroatoms. The third-order valence-electron chi connectivity index (χ3n) is 2.97. The molecule has 0 saturated heterocycles. The molecule has 0 aromatic heterocycles. The number of benzene rings is 1.